The van der Waals surface area contributed by atoms with E-state index in [9.17, 15) is 14.9 Å². The van der Waals surface area contributed by atoms with Crippen molar-refractivity contribution in [3.8, 4) is 0 Å². The number of aromatic nitrogens is 1. The number of hydrogen-bond donors (Lipinski definition) is 1. The second-order valence-corrected chi connectivity index (χ2v) is 3.57. The molecule has 2 aromatic rings. The van der Waals surface area contributed by atoms with Crippen molar-refractivity contribution in [3.05, 3.63) is 51.8 Å². The molecule has 6 nitrogen and oxygen atoms in total. The van der Waals surface area contributed by atoms with Crippen molar-refractivity contribution in [1.29, 1.82) is 0 Å². The van der Waals surface area contributed by atoms with Crippen LogP contribution in [0.4, 0.5) is 0 Å². The Bertz CT molecular complexity index is 642. The number of H-pyrrole nitrogens is 1. The van der Waals surface area contributed by atoms with Gasteiger partial charge in [0.15, 0.2) is 0 Å². The maximum atomic E-state index is 11.3. The number of para-hydroxylation sites is 1. The molecule has 6 heteroatoms. The highest BCUT2D eigenvalue weighted by atomic mass is 16.6. The Morgan fingerprint density at radius 2 is 2.17 bits per heavy atom. The Morgan fingerprint density at radius 3 is 2.83 bits per heavy atom. The zero-order valence-electron chi connectivity index (χ0n) is 9.54. The van der Waals surface area contributed by atoms with Gasteiger partial charge in [-0.1, -0.05) is 18.2 Å². The van der Waals surface area contributed by atoms with Crippen LogP contribution in [0, 0.1) is 10.1 Å². The van der Waals surface area contributed by atoms with Crippen molar-refractivity contribution >= 4 is 22.9 Å². The van der Waals surface area contributed by atoms with E-state index in [1.54, 1.807) is 6.20 Å². The molecular formula is C12H10N2O4. The van der Waals surface area contributed by atoms with Crippen molar-refractivity contribution in [2.45, 2.75) is 0 Å². The van der Waals surface area contributed by atoms with Crippen molar-refractivity contribution in [2.75, 3.05) is 7.11 Å². The lowest BCUT2D eigenvalue weighted by molar-refractivity contribution is -0.419. The first-order valence-electron chi connectivity index (χ1n) is 5.14. The first-order chi connectivity index (χ1) is 8.63. The van der Waals surface area contributed by atoms with Gasteiger partial charge < -0.3 is 9.72 Å². The molecule has 0 aliphatic heterocycles. The molecule has 0 spiro atoms. The Hall–Kier alpha value is -2.63. The average molecular weight is 246 g/mol. The predicted octanol–water partition coefficient (Wildman–Crippen LogP) is 1.96. The number of aromatic amines is 1. The van der Waals surface area contributed by atoms with Gasteiger partial charge in [-0.3, -0.25) is 10.1 Å². The number of rotatable bonds is 3. The van der Waals surface area contributed by atoms with Crippen LogP contribution in [0.1, 0.15) is 5.56 Å². The highest BCUT2D eigenvalue weighted by Crippen LogP contribution is 2.20. The van der Waals surface area contributed by atoms with Crippen molar-refractivity contribution in [3.63, 3.8) is 0 Å². The smallest absolute Gasteiger partial charge is 0.409 e. The van der Waals surface area contributed by atoms with Crippen molar-refractivity contribution in [2.24, 2.45) is 0 Å². The molecule has 0 amide bonds. The molecule has 0 unspecified atom stereocenters. The van der Waals surface area contributed by atoms with Gasteiger partial charge in [-0.25, -0.2) is 4.79 Å². The van der Waals surface area contributed by atoms with Crippen LogP contribution >= 0.6 is 0 Å². The minimum Gasteiger partial charge on any atom is -0.461 e. The molecule has 0 saturated heterocycles. The zero-order chi connectivity index (χ0) is 13.1. The minimum atomic E-state index is -0.967. The van der Waals surface area contributed by atoms with E-state index in [4.69, 9.17) is 0 Å². The maximum absolute atomic E-state index is 11.3. The summed E-state index contributed by atoms with van der Waals surface area (Å²) in [5, 5.41) is 11.6. The minimum absolute atomic E-state index is 0.572. The first-order valence-corrected chi connectivity index (χ1v) is 5.14. The number of carbonyl (C=O) groups excluding carboxylic acids is 1. The van der Waals surface area contributed by atoms with E-state index >= 15 is 0 Å². The van der Waals surface area contributed by atoms with E-state index in [1.807, 2.05) is 24.3 Å². The fraction of sp³-hybridized carbons (Fsp3) is 0.0833. The Balaban J connectivity index is 2.53. The van der Waals surface area contributed by atoms with Crippen LogP contribution in [0.25, 0.3) is 17.0 Å². The van der Waals surface area contributed by atoms with Gasteiger partial charge >= 0.3 is 11.7 Å². The fourth-order valence-electron chi connectivity index (χ4n) is 1.65. The van der Waals surface area contributed by atoms with Crippen LogP contribution < -0.4 is 0 Å². The number of esters is 1. The fourth-order valence-corrected chi connectivity index (χ4v) is 1.65. The van der Waals surface area contributed by atoms with Gasteiger partial charge in [0.2, 0.25) is 0 Å². The lowest BCUT2D eigenvalue weighted by atomic mass is 10.1. The molecule has 0 atom stereocenters. The van der Waals surface area contributed by atoms with E-state index in [1.165, 1.54) is 6.08 Å². The maximum Gasteiger partial charge on any atom is 0.409 e. The molecule has 1 aromatic carbocycles. The molecule has 18 heavy (non-hydrogen) atoms. The van der Waals surface area contributed by atoms with Gasteiger partial charge in [0.05, 0.1) is 12.0 Å². The summed E-state index contributed by atoms with van der Waals surface area (Å²) in [6.07, 6.45) is 2.81. The molecule has 0 bridgehead atoms. The van der Waals surface area contributed by atoms with Crippen LogP contribution in [0.5, 0.6) is 0 Å². The monoisotopic (exact) mass is 246 g/mol. The predicted molar refractivity (Wildman–Crippen MR) is 65.3 cm³/mol. The summed E-state index contributed by atoms with van der Waals surface area (Å²) in [7, 11) is 1.11. The topological polar surface area (TPSA) is 85.2 Å². The molecule has 0 aliphatic rings. The molecular weight excluding hydrogens is 236 g/mol. The Labute approximate surface area is 102 Å². The van der Waals surface area contributed by atoms with E-state index < -0.39 is 16.6 Å². The lowest BCUT2D eigenvalue weighted by Crippen LogP contribution is -2.12. The molecule has 2 rings (SSSR count). The van der Waals surface area contributed by atoms with E-state index in [0.29, 0.717) is 5.56 Å². The van der Waals surface area contributed by atoms with Gasteiger partial charge in [0.1, 0.15) is 0 Å². The lowest BCUT2D eigenvalue weighted by Gasteiger charge is -1.96. The van der Waals surface area contributed by atoms with Crippen LogP contribution in [0.3, 0.4) is 0 Å². The summed E-state index contributed by atoms with van der Waals surface area (Å²) in [4.78, 5) is 24.3. The number of hydrogen-bond acceptors (Lipinski definition) is 4. The first kappa shape index (κ1) is 11.8. The number of ether oxygens (including phenoxy) is 1. The van der Waals surface area contributed by atoms with E-state index in [2.05, 4.69) is 9.72 Å². The summed E-state index contributed by atoms with van der Waals surface area (Å²) in [5.41, 5.74) is 0.821. The SMILES string of the molecule is COC(=O)/C(=C\c1c[nH]c2ccccc12)[N+](=O)[O-]. The summed E-state index contributed by atoms with van der Waals surface area (Å²) in [6, 6.07) is 7.32. The van der Waals surface area contributed by atoms with Crippen LogP contribution in [-0.4, -0.2) is 23.0 Å². The summed E-state index contributed by atoms with van der Waals surface area (Å²) < 4.78 is 4.38. The molecule has 0 saturated carbocycles. The standard InChI is InChI=1S/C12H10N2O4/c1-18-12(15)11(14(16)17)6-8-7-13-10-5-3-2-4-9(8)10/h2-7,13H,1H3/b11-6+. The summed E-state index contributed by atoms with van der Waals surface area (Å²) >= 11 is 0. The highest BCUT2D eigenvalue weighted by Gasteiger charge is 2.23. The van der Waals surface area contributed by atoms with Crippen molar-refractivity contribution in [1.82, 2.24) is 4.98 Å². The van der Waals surface area contributed by atoms with E-state index in [-0.39, 0.29) is 0 Å². The molecule has 1 heterocycles. The van der Waals surface area contributed by atoms with Crippen LogP contribution in [0.2, 0.25) is 0 Å². The third-order valence-corrected chi connectivity index (χ3v) is 2.50. The summed E-state index contributed by atoms with van der Waals surface area (Å²) in [6.45, 7) is 0. The molecule has 0 radical (unpaired) electrons. The van der Waals surface area contributed by atoms with Crippen LogP contribution in [-0.2, 0) is 9.53 Å². The van der Waals surface area contributed by atoms with E-state index in [0.717, 1.165) is 18.0 Å². The third-order valence-electron chi connectivity index (χ3n) is 2.50. The number of benzene rings is 1. The van der Waals surface area contributed by atoms with Gasteiger partial charge in [-0.15, -0.1) is 0 Å². The normalized spacial score (nSPS) is 11.5. The number of nitro groups is 1. The van der Waals surface area contributed by atoms with Crippen molar-refractivity contribution < 1.29 is 14.5 Å². The molecule has 0 aliphatic carbocycles. The number of fused-ring (bicyclic) bond motifs is 1. The van der Waals surface area contributed by atoms with Gasteiger partial charge in [0.25, 0.3) is 0 Å². The van der Waals surface area contributed by atoms with Gasteiger partial charge in [-0.05, 0) is 6.07 Å². The molecule has 1 N–H and O–H groups in total. The van der Waals surface area contributed by atoms with Gasteiger partial charge in [0, 0.05) is 28.7 Å². The summed E-state index contributed by atoms with van der Waals surface area (Å²) in [5.74, 6) is -0.967. The highest BCUT2D eigenvalue weighted by molar-refractivity contribution is 5.96. The molecule has 0 fully saturated rings. The van der Waals surface area contributed by atoms with Crippen LogP contribution in [0.15, 0.2) is 36.2 Å². The number of nitrogens with one attached hydrogen (secondary N) is 1. The third kappa shape index (κ3) is 2.08. The zero-order valence-corrected chi connectivity index (χ0v) is 9.54. The average Bonchev–Trinajstić information content (AvgIpc) is 2.78. The largest absolute Gasteiger partial charge is 0.461 e. The van der Waals surface area contributed by atoms with Gasteiger partial charge in [-0.2, -0.15) is 0 Å². The second-order valence-electron chi connectivity index (χ2n) is 3.57. The number of methoxy groups -OCH3 is 1. The Kier molecular flexibility index (Phi) is 3.09. The molecule has 1 aromatic heterocycles. The molecule has 92 valence electrons. The second kappa shape index (κ2) is 4.70. The number of nitrogens with zero attached hydrogens (tertiary/aromatic N) is 1. The Morgan fingerprint density at radius 1 is 1.44 bits per heavy atom. The number of carbonyl (C=O) groups is 1. The quantitative estimate of drug-likeness (QED) is 0.388.